The van der Waals surface area contributed by atoms with Gasteiger partial charge in [-0.15, -0.1) is 0 Å². The van der Waals surface area contributed by atoms with E-state index >= 15 is 0 Å². The summed E-state index contributed by atoms with van der Waals surface area (Å²) < 4.78 is 4.99. The van der Waals surface area contributed by atoms with Crippen LogP contribution in [0.3, 0.4) is 0 Å². The van der Waals surface area contributed by atoms with Gasteiger partial charge < -0.3 is 9.84 Å². The van der Waals surface area contributed by atoms with Gasteiger partial charge in [0.15, 0.2) is 0 Å². The number of benzene rings is 1. The van der Waals surface area contributed by atoms with Crippen LogP contribution in [0.15, 0.2) is 6.07 Å². The number of carboxylic acids is 1. The van der Waals surface area contributed by atoms with Crippen LogP contribution in [0.4, 0.5) is 5.69 Å². The lowest BCUT2D eigenvalue weighted by atomic mass is 10.0. The Morgan fingerprint density at radius 1 is 1.44 bits per heavy atom. The molecule has 0 atom stereocenters. The molecule has 0 spiro atoms. The van der Waals surface area contributed by atoms with Crippen LogP contribution in [0, 0.1) is 24.0 Å². The number of nitro groups is 1. The lowest BCUT2D eigenvalue weighted by molar-refractivity contribution is -0.385. The van der Waals surface area contributed by atoms with Gasteiger partial charge in [0.1, 0.15) is 5.75 Å². The summed E-state index contributed by atoms with van der Waals surface area (Å²) in [4.78, 5) is 21.0. The molecule has 16 heavy (non-hydrogen) atoms. The molecule has 0 amide bonds. The molecule has 0 aromatic heterocycles. The van der Waals surface area contributed by atoms with E-state index in [4.69, 9.17) is 9.84 Å². The highest BCUT2D eigenvalue weighted by Crippen LogP contribution is 2.33. The van der Waals surface area contributed by atoms with E-state index in [2.05, 4.69) is 0 Å². The Kier molecular flexibility index (Phi) is 3.12. The summed E-state index contributed by atoms with van der Waals surface area (Å²) >= 11 is 0. The van der Waals surface area contributed by atoms with Gasteiger partial charge in [0.05, 0.1) is 23.2 Å². The van der Waals surface area contributed by atoms with Gasteiger partial charge in [-0.3, -0.25) is 10.1 Å². The zero-order valence-corrected chi connectivity index (χ0v) is 9.10. The van der Waals surface area contributed by atoms with E-state index in [9.17, 15) is 14.9 Å². The highest BCUT2D eigenvalue weighted by Gasteiger charge is 2.23. The molecule has 86 valence electrons. The first-order valence-electron chi connectivity index (χ1n) is 4.46. The fourth-order valence-corrected chi connectivity index (χ4v) is 1.59. The Bertz CT molecular complexity index is 429. The van der Waals surface area contributed by atoms with Gasteiger partial charge in [0.2, 0.25) is 0 Å². The predicted molar refractivity (Wildman–Crippen MR) is 56.1 cm³/mol. The molecule has 0 aliphatic rings. The summed E-state index contributed by atoms with van der Waals surface area (Å²) in [6.07, 6.45) is 0. The van der Waals surface area contributed by atoms with Crippen LogP contribution in [0.2, 0.25) is 0 Å². The number of nitrogens with zero attached hydrogens (tertiary/aromatic N) is 1. The summed E-state index contributed by atoms with van der Waals surface area (Å²) in [5.74, 6) is -0.967. The summed E-state index contributed by atoms with van der Waals surface area (Å²) in [5.41, 5.74) is 0.349. The fraction of sp³-hybridized carbons (Fsp3) is 0.300. The Morgan fingerprint density at radius 2 is 2.00 bits per heavy atom. The molecular weight excluding hydrogens is 214 g/mol. The summed E-state index contributed by atoms with van der Waals surface area (Å²) in [6, 6.07) is 1.05. The van der Waals surface area contributed by atoms with Crippen molar-refractivity contribution in [2.45, 2.75) is 13.8 Å². The van der Waals surface area contributed by atoms with Crippen LogP contribution in [0.5, 0.6) is 5.75 Å². The monoisotopic (exact) mass is 225 g/mol. The second kappa shape index (κ2) is 4.18. The van der Waals surface area contributed by atoms with Crippen molar-refractivity contribution >= 4 is 11.7 Å². The molecule has 0 aliphatic carbocycles. The first kappa shape index (κ1) is 12.0. The van der Waals surface area contributed by atoms with Crippen molar-refractivity contribution < 1.29 is 19.6 Å². The first-order valence-corrected chi connectivity index (χ1v) is 4.46. The molecule has 6 nitrogen and oxygen atoms in total. The molecule has 0 aliphatic heterocycles. The number of methoxy groups -OCH3 is 1. The zero-order valence-electron chi connectivity index (χ0n) is 9.10. The highest BCUT2D eigenvalue weighted by molar-refractivity contribution is 5.91. The van der Waals surface area contributed by atoms with Gasteiger partial charge in [0, 0.05) is 11.6 Å². The lowest BCUT2D eigenvalue weighted by Gasteiger charge is -2.11. The minimum Gasteiger partial charge on any atom is -0.496 e. The highest BCUT2D eigenvalue weighted by atomic mass is 16.6. The van der Waals surface area contributed by atoms with E-state index in [0.29, 0.717) is 11.1 Å². The number of nitro benzene ring substituents is 1. The number of aromatic carboxylic acids is 1. The quantitative estimate of drug-likeness (QED) is 0.626. The fourth-order valence-electron chi connectivity index (χ4n) is 1.59. The first-order chi connectivity index (χ1) is 7.40. The predicted octanol–water partition coefficient (Wildman–Crippen LogP) is 1.92. The van der Waals surface area contributed by atoms with E-state index in [0.717, 1.165) is 6.07 Å². The standard InChI is InChI=1S/C10H11NO5/c1-5-7(10(12)13)4-8(11(14)15)6(2)9(5)16-3/h4H,1-3H3,(H,12,13). The van der Waals surface area contributed by atoms with E-state index in [1.807, 2.05) is 0 Å². The number of ether oxygens (including phenoxy) is 1. The number of carbonyl (C=O) groups is 1. The van der Waals surface area contributed by atoms with Crippen molar-refractivity contribution in [2.24, 2.45) is 0 Å². The smallest absolute Gasteiger partial charge is 0.336 e. The second-order valence-corrected chi connectivity index (χ2v) is 3.29. The summed E-state index contributed by atoms with van der Waals surface area (Å²) in [6.45, 7) is 3.08. The Balaban J connectivity index is 3.62. The molecule has 0 unspecified atom stereocenters. The van der Waals surface area contributed by atoms with Gasteiger partial charge in [-0.05, 0) is 13.8 Å². The summed E-state index contributed by atoms with van der Waals surface area (Å²) in [7, 11) is 1.35. The molecule has 0 bridgehead atoms. The Hall–Kier alpha value is -2.11. The van der Waals surface area contributed by atoms with Crippen molar-refractivity contribution in [2.75, 3.05) is 7.11 Å². The topological polar surface area (TPSA) is 89.7 Å². The molecule has 1 aromatic carbocycles. The molecule has 1 aromatic rings. The molecule has 0 radical (unpaired) electrons. The van der Waals surface area contributed by atoms with Crippen molar-refractivity contribution in [1.82, 2.24) is 0 Å². The third-order valence-electron chi connectivity index (χ3n) is 2.38. The van der Waals surface area contributed by atoms with E-state index in [1.54, 1.807) is 6.92 Å². The molecular formula is C10H11NO5. The maximum absolute atomic E-state index is 10.9. The van der Waals surface area contributed by atoms with Gasteiger partial charge >= 0.3 is 5.97 Å². The molecule has 0 saturated carbocycles. The maximum Gasteiger partial charge on any atom is 0.336 e. The molecule has 0 fully saturated rings. The number of hydrogen-bond donors (Lipinski definition) is 1. The van der Waals surface area contributed by atoms with Crippen LogP contribution in [0.25, 0.3) is 0 Å². The second-order valence-electron chi connectivity index (χ2n) is 3.29. The number of carboxylic acid groups (broad SMARTS) is 1. The van der Waals surface area contributed by atoms with Crippen LogP contribution in [-0.4, -0.2) is 23.1 Å². The summed E-state index contributed by atoms with van der Waals surface area (Å²) in [5, 5.41) is 19.6. The minimum atomic E-state index is -1.21. The molecule has 1 N–H and O–H groups in total. The molecule has 1 rings (SSSR count). The van der Waals surface area contributed by atoms with E-state index < -0.39 is 10.9 Å². The van der Waals surface area contributed by atoms with Crippen LogP contribution in [0.1, 0.15) is 21.5 Å². The zero-order chi connectivity index (χ0) is 12.5. The van der Waals surface area contributed by atoms with Crippen LogP contribution < -0.4 is 4.74 Å². The largest absolute Gasteiger partial charge is 0.496 e. The van der Waals surface area contributed by atoms with E-state index in [1.165, 1.54) is 14.0 Å². The average molecular weight is 225 g/mol. The van der Waals surface area contributed by atoms with Crippen molar-refractivity contribution in [1.29, 1.82) is 0 Å². The molecule has 0 saturated heterocycles. The molecule has 6 heteroatoms. The van der Waals surface area contributed by atoms with E-state index in [-0.39, 0.29) is 17.0 Å². The number of rotatable bonds is 3. The number of hydrogen-bond acceptors (Lipinski definition) is 4. The maximum atomic E-state index is 10.9. The average Bonchev–Trinajstić information content (AvgIpc) is 2.17. The normalized spacial score (nSPS) is 9.94. The van der Waals surface area contributed by atoms with Crippen molar-refractivity contribution in [3.05, 3.63) is 32.9 Å². The third kappa shape index (κ3) is 1.81. The van der Waals surface area contributed by atoms with Gasteiger partial charge in [-0.1, -0.05) is 0 Å². The SMILES string of the molecule is COc1c(C)c(C(=O)O)cc([N+](=O)[O-])c1C. The van der Waals surface area contributed by atoms with Gasteiger partial charge in [0.25, 0.3) is 5.69 Å². The van der Waals surface area contributed by atoms with Crippen LogP contribution in [-0.2, 0) is 0 Å². The third-order valence-corrected chi connectivity index (χ3v) is 2.38. The Morgan fingerprint density at radius 3 is 2.38 bits per heavy atom. The minimum absolute atomic E-state index is 0.117. The van der Waals surface area contributed by atoms with Crippen molar-refractivity contribution in [3.63, 3.8) is 0 Å². The van der Waals surface area contributed by atoms with Crippen molar-refractivity contribution in [3.8, 4) is 5.75 Å². The lowest BCUT2D eigenvalue weighted by Crippen LogP contribution is -2.05. The van der Waals surface area contributed by atoms with Crippen LogP contribution >= 0.6 is 0 Å². The Labute approximate surface area is 91.6 Å². The molecule has 0 heterocycles. The van der Waals surface area contributed by atoms with Gasteiger partial charge in [-0.2, -0.15) is 0 Å². The van der Waals surface area contributed by atoms with Gasteiger partial charge in [-0.25, -0.2) is 4.79 Å².